The lowest BCUT2D eigenvalue weighted by molar-refractivity contribution is 0.0933. The lowest BCUT2D eigenvalue weighted by Gasteiger charge is -2.23. The maximum absolute atomic E-state index is 12.3. The Hall–Kier alpha value is -0.970. The highest BCUT2D eigenvalue weighted by Crippen LogP contribution is 2.32. The van der Waals surface area contributed by atoms with Crippen LogP contribution in [0.1, 0.15) is 49.9 Å². The van der Waals surface area contributed by atoms with Crippen molar-refractivity contribution in [2.75, 3.05) is 24.5 Å². The zero-order chi connectivity index (χ0) is 15.9. The molecule has 138 valence electrons. The van der Waals surface area contributed by atoms with E-state index in [2.05, 4.69) is 24.1 Å². The van der Waals surface area contributed by atoms with Gasteiger partial charge in [0, 0.05) is 36.9 Å². The van der Waals surface area contributed by atoms with Crippen molar-refractivity contribution in [3.05, 3.63) is 29.8 Å². The van der Waals surface area contributed by atoms with Crippen LogP contribution in [0.5, 0.6) is 0 Å². The Kier molecular flexibility index (Phi) is 11.1. The first-order valence-electron chi connectivity index (χ1n) is 8.55. The molecule has 3 N–H and O–H groups in total. The van der Waals surface area contributed by atoms with Gasteiger partial charge in [0.05, 0.1) is 0 Å². The molecule has 1 fully saturated rings. The number of unbranched alkanes of at least 4 members (excludes halogenated alkanes) is 1. The Bertz CT molecular complexity index is 478. The quantitative estimate of drug-likeness (QED) is 0.692. The van der Waals surface area contributed by atoms with Crippen LogP contribution in [0, 0.1) is 5.92 Å². The van der Waals surface area contributed by atoms with Crippen LogP contribution in [0.2, 0.25) is 0 Å². The zero-order valence-corrected chi connectivity index (χ0v) is 16.3. The highest BCUT2D eigenvalue weighted by molar-refractivity contribution is 5.94. The molecule has 6 heteroatoms. The first-order valence-corrected chi connectivity index (χ1v) is 8.55. The second-order valence-electron chi connectivity index (χ2n) is 6.13. The second kappa shape index (κ2) is 11.6. The SMILES string of the molecule is CCCCN(CC)c1ccc(C(=O)NC(CN)C2CC2)cc1.Cl.Cl. The van der Waals surface area contributed by atoms with Crippen molar-refractivity contribution in [2.45, 2.75) is 45.6 Å². The molecule has 1 aliphatic carbocycles. The van der Waals surface area contributed by atoms with Gasteiger partial charge in [0.2, 0.25) is 0 Å². The first-order chi connectivity index (χ1) is 10.7. The molecule has 1 saturated carbocycles. The molecule has 0 aromatic heterocycles. The van der Waals surface area contributed by atoms with Crippen molar-refractivity contribution in [1.29, 1.82) is 0 Å². The summed E-state index contributed by atoms with van der Waals surface area (Å²) >= 11 is 0. The maximum Gasteiger partial charge on any atom is 0.251 e. The van der Waals surface area contributed by atoms with Crippen molar-refractivity contribution in [1.82, 2.24) is 5.32 Å². The van der Waals surface area contributed by atoms with E-state index < -0.39 is 0 Å². The van der Waals surface area contributed by atoms with Crippen LogP contribution in [0.3, 0.4) is 0 Å². The van der Waals surface area contributed by atoms with Gasteiger partial charge in [-0.1, -0.05) is 13.3 Å². The minimum atomic E-state index is -0.00879. The number of carbonyl (C=O) groups excluding carboxylic acids is 1. The van der Waals surface area contributed by atoms with Gasteiger partial charge in [-0.05, 0) is 56.4 Å². The fourth-order valence-electron chi connectivity index (χ4n) is 2.76. The van der Waals surface area contributed by atoms with Crippen molar-refractivity contribution >= 4 is 36.4 Å². The molecule has 2 rings (SSSR count). The number of halogens is 2. The number of benzene rings is 1. The molecule has 0 heterocycles. The fraction of sp³-hybridized carbons (Fsp3) is 0.611. The summed E-state index contributed by atoms with van der Waals surface area (Å²) in [6, 6.07) is 8.05. The fourth-order valence-corrected chi connectivity index (χ4v) is 2.76. The third kappa shape index (κ3) is 6.50. The molecule has 1 amide bonds. The third-order valence-corrected chi connectivity index (χ3v) is 4.42. The maximum atomic E-state index is 12.3. The van der Waals surface area contributed by atoms with Gasteiger partial charge in [0.25, 0.3) is 5.91 Å². The molecule has 1 unspecified atom stereocenters. The topological polar surface area (TPSA) is 58.4 Å². The molecule has 0 bridgehead atoms. The molecular weight excluding hydrogens is 345 g/mol. The van der Waals surface area contributed by atoms with E-state index in [0.29, 0.717) is 12.5 Å². The van der Waals surface area contributed by atoms with Crippen molar-refractivity contribution in [2.24, 2.45) is 11.7 Å². The Labute approximate surface area is 158 Å². The first kappa shape index (κ1) is 23.0. The molecule has 1 aromatic carbocycles. The number of hydrogen-bond acceptors (Lipinski definition) is 3. The van der Waals surface area contributed by atoms with Crippen LogP contribution in [0.15, 0.2) is 24.3 Å². The van der Waals surface area contributed by atoms with Crippen LogP contribution in [-0.4, -0.2) is 31.6 Å². The van der Waals surface area contributed by atoms with Crippen molar-refractivity contribution in [3.8, 4) is 0 Å². The summed E-state index contributed by atoms with van der Waals surface area (Å²) in [6.45, 7) is 6.94. The molecule has 1 atom stereocenters. The molecule has 1 aromatic rings. The number of nitrogens with two attached hydrogens (primary N) is 1. The van der Waals surface area contributed by atoms with E-state index in [1.807, 2.05) is 24.3 Å². The van der Waals surface area contributed by atoms with Gasteiger partial charge in [0.15, 0.2) is 0 Å². The summed E-state index contributed by atoms with van der Waals surface area (Å²) in [6.07, 6.45) is 4.75. The summed E-state index contributed by atoms with van der Waals surface area (Å²) in [7, 11) is 0. The zero-order valence-electron chi connectivity index (χ0n) is 14.7. The van der Waals surface area contributed by atoms with E-state index >= 15 is 0 Å². The van der Waals surface area contributed by atoms with E-state index in [0.717, 1.165) is 18.7 Å². The van der Waals surface area contributed by atoms with Gasteiger partial charge in [-0.15, -0.1) is 24.8 Å². The molecular formula is C18H31Cl2N3O. The van der Waals surface area contributed by atoms with E-state index in [9.17, 15) is 4.79 Å². The summed E-state index contributed by atoms with van der Waals surface area (Å²) in [4.78, 5) is 14.6. The lowest BCUT2D eigenvalue weighted by atomic mass is 10.1. The van der Waals surface area contributed by atoms with Crippen LogP contribution in [-0.2, 0) is 0 Å². The molecule has 0 spiro atoms. The van der Waals surface area contributed by atoms with Gasteiger partial charge in [-0.3, -0.25) is 4.79 Å². The van der Waals surface area contributed by atoms with E-state index in [1.54, 1.807) is 0 Å². The third-order valence-electron chi connectivity index (χ3n) is 4.42. The highest BCUT2D eigenvalue weighted by Gasteiger charge is 2.31. The average Bonchev–Trinajstić information content (AvgIpc) is 3.38. The Balaban J connectivity index is 0.00000264. The van der Waals surface area contributed by atoms with Crippen LogP contribution in [0.4, 0.5) is 5.69 Å². The monoisotopic (exact) mass is 375 g/mol. The minimum Gasteiger partial charge on any atom is -0.372 e. The molecule has 0 aliphatic heterocycles. The molecule has 4 nitrogen and oxygen atoms in total. The number of nitrogens with one attached hydrogen (secondary N) is 1. The number of hydrogen-bond donors (Lipinski definition) is 2. The number of amides is 1. The Morgan fingerprint density at radius 1 is 1.25 bits per heavy atom. The predicted molar refractivity (Wildman–Crippen MR) is 107 cm³/mol. The number of nitrogens with zero attached hydrogens (tertiary/aromatic N) is 1. The van der Waals surface area contributed by atoms with Crippen LogP contribution < -0.4 is 16.0 Å². The van der Waals surface area contributed by atoms with Gasteiger partial charge >= 0.3 is 0 Å². The van der Waals surface area contributed by atoms with Crippen molar-refractivity contribution in [3.63, 3.8) is 0 Å². The number of carbonyl (C=O) groups is 1. The number of anilines is 1. The molecule has 0 radical (unpaired) electrons. The smallest absolute Gasteiger partial charge is 0.251 e. The van der Waals surface area contributed by atoms with Gasteiger partial charge in [-0.25, -0.2) is 0 Å². The van der Waals surface area contributed by atoms with Crippen molar-refractivity contribution < 1.29 is 4.79 Å². The predicted octanol–water partition coefficient (Wildman–Crippen LogP) is 3.62. The summed E-state index contributed by atoms with van der Waals surface area (Å²) < 4.78 is 0. The van der Waals surface area contributed by atoms with E-state index in [4.69, 9.17) is 5.73 Å². The van der Waals surface area contributed by atoms with Crippen LogP contribution >= 0.6 is 24.8 Å². The Morgan fingerprint density at radius 2 is 1.88 bits per heavy atom. The minimum absolute atomic E-state index is 0. The van der Waals surface area contributed by atoms with E-state index in [1.165, 1.54) is 31.4 Å². The molecule has 1 aliphatic rings. The van der Waals surface area contributed by atoms with Gasteiger partial charge < -0.3 is 16.0 Å². The average molecular weight is 376 g/mol. The second-order valence-corrected chi connectivity index (χ2v) is 6.13. The number of rotatable bonds is 9. The highest BCUT2D eigenvalue weighted by atomic mass is 35.5. The standard InChI is InChI=1S/C18H29N3O.2ClH/c1-3-5-12-21(4-2)16-10-8-15(9-11-16)18(22)20-17(13-19)14-6-7-14;;/h8-11,14,17H,3-7,12-13,19H2,1-2H3,(H,20,22);2*1H. The summed E-state index contributed by atoms with van der Waals surface area (Å²) in [5, 5.41) is 3.06. The lowest BCUT2D eigenvalue weighted by Crippen LogP contribution is -2.41. The van der Waals surface area contributed by atoms with Gasteiger partial charge in [-0.2, -0.15) is 0 Å². The summed E-state index contributed by atoms with van der Waals surface area (Å²) in [5.41, 5.74) is 7.65. The van der Waals surface area contributed by atoms with Gasteiger partial charge in [0.1, 0.15) is 0 Å². The normalized spacial score (nSPS) is 14.1. The molecule has 24 heavy (non-hydrogen) atoms. The van der Waals surface area contributed by atoms with Crippen LogP contribution in [0.25, 0.3) is 0 Å². The Morgan fingerprint density at radius 3 is 2.33 bits per heavy atom. The molecule has 0 saturated heterocycles. The summed E-state index contributed by atoms with van der Waals surface area (Å²) in [5.74, 6) is 0.573. The van der Waals surface area contributed by atoms with E-state index in [-0.39, 0.29) is 36.8 Å². The largest absolute Gasteiger partial charge is 0.372 e.